The summed E-state index contributed by atoms with van der Waals surface area (Å²) in [6, 6.07) is 21.2. The van der Waals surface area contributed by atoms with Gasteiger partial charge in [-0.3, -0.25) is 4.21 Å². The first-order chi connectivity index (χ1) is 28.5. The van der Waals surface area contributed by atoms with Crippen LogP contribution in [0.1, 0.15) is 38.8 Å². The first-order valence-electron chi connectivity index (χ1n) is 18.9. The average Bonchev–Trinajstić information content (AvgIpc) is 3.20. The summed E-state index contributed by atoms with van der Waals surface area (Å²) in [4.78, 5) is 22.5. The van der Waals surface area contributed by atoms with Crippen molar-refractivity contribution < 1.29 is 46.7 Å². The average molecular weight is 832 g/mol. The zero-order valence-electron chi connectivity index (χ0n) is 34.0. The van der Waals surface area contributed by atoms with Crippen molar-refractivity contribution >= 4 is 51.1 Å². The minimum Gasteiger partial charge on any atom is -0.760 e. The molecule has 1 atom stereocenters. The molecule has 0 radical (unpaired) electrons. The van der Waals surface area contributed by atoms with Crippen LogP contribution in [0.25, 0.3) is 10.8 Å². The lowest BCUT2D eigenvalue weighted by Gasteiger charge is -2.24. The summed E-state index contributed by atoms with van der Waals surface area (Å²) in [6.45, 7) is 10.9. The molecule has 0 fully saturated rings. The maximum atomic E-state index is 13.6. The van der Waals surface area contributed by atoms with Gasteiger partial charge in [0.25, 0.3) is 0 Å². The number of benzene rings is 4. The highest BCUT2D eigenvalue weighted by Crippen LogP contribution is 2.37. The molecule has 0 aliphatic heterocycles. The van der Waals surface area contributed by atoms with Crippen molar-refractivity contribution in [2.45, 2.75) is 39.7 Å². The van der Waals surface area contributed by atoms with Gasteiger partial charge in [-0.15, -0.1) is 0 Å². The highest BCUT2D eigenvalue weighted by atomic mass is 32.2. The molecule has 2 amide bonds. The maximum Gasteiger partial charge on any atom is 0.323 e. The Labute approximate surface area is 346 Å². The predicted octanol–water partition coefficient (Wildman–Crippen LogP) is 7.46. The van der Waals surface area contributed by atoms with Gasteiger partial charge in [0.05, 0.1) is 58.1 Å². The van der Waals surface area contributed by atoms with E-state index in [2.05, 4.69) is 30.6 Å². The molecular formula is C42H51N6O10S-. The van der Waals surface area contributed by atoms with E-state index in [0.29, 0.717) is 97.3 Å². The van der Waals surface area contributed by atoms with E-state index in [1.807, 2.05) is 64.1 Å². The lowest BCUT2D eigenvalue weighted by molar-refractivity contribution is 0.0179. The molecule has 4 aromatic carbocycles. The molecule has 316 valence electrons. The van der Waals surface area contributed by atoms with Crippen molar-refractivity contribution in [3.63, 3.8) is 0 Å². The fraction of sp³-hybridized carbons (Fsp3) is 0.357. The first kappa shape index (κ1) is 44.5. The normalized spacial score (nSPS) is 11.8. The van der Waals surface area contributed by atoms with Crippen molar-refractivity contribution in [1.29, 1.82) is 0 Å². The monoisotopic (exact) mass is 831 g/mol. The summed E-state index contributed by atoms with van der Waals surface area (Å²) in [7, 11) is 3.20. The van der Waals surface area contributed by atoms with Crippen LogP contribution >= 0.6 is 0 Å². The van der Waals surface area contributed by atoms with E-state index >= 15 is 0 Å². The number of hydrogen-bond acceptors (Lipinski definition) is 13. The Balaban J connectivity index is 1.28. The fourth-order valence-electron chi connectivity index (χ4n) is 5.77. The largest absolute Gasteiger partial charge is 0.760 e. The SMILES string of the molecule is CCOc1c(CNS(=O)[O-])cc(C(C)(C)C)cc1NC(=O)Nc1ccc(Oc2ccnc(Nc3cc(OC)cc(OCCOCCOCCOC)c3)n2)c2ccccc12. The Bertz CT molecular complexity index is 2180. The number of carbonyl (C=O) groups is 1. The van der Waals surface area contributed by atoms with Crippen LogP contribution in [-0.2, 0) is 37.4 Å². The number of rotatable bonds is 22. The van der Waals surface area contributed by atoms with Gasteiger partial charge in [0, 0.05) is 77.4 Å². The number of carbonyl (C=O) groups excluding carboxylic acids is 1. The number of aromatic nitrogens is 2. The molecule has 0 saturated heterocycles. The summed E-state index contributed by atoms with van der Waals surface area (Å²) in [5, 5.41) is 10.5. The third-order valence-electron chi connectivity index (χ3n) is 8.60. The molecule has 1 heterocycles. The van der Waals surface area contributed by atoms with Crippen molar-refractivity contribution in [3.05, 3.63) is 90.1 Å². The molecule has 0 bridgehead atoms. The highest BCUT2D eigenvalue weighted by Gasteiger charge is 2.22. The molecule has 16 nitrogen and oxygen atoms in total. The van der Waals surface area contributed by atoms with Gasteiger partial charge < -0.3 is 53.7 Å². The number of fused-ring (bicyclic) bond motifs is 1. The van der Waals surface area contributed by atoms with Crippen molar-refractivity contribution in [2.75, 3.05) is 76.4 Å². The molecule has 1 unspecified atom stereocenters. The number of nitrogens with one attached hydrogen (secondary N) is 4. The Hall–Kier alpha value is -5.56. The van der Waals surface area contributed by atoms with Crippen LogP contribution in [0.2, 0.25) is 0 Å². The minimum absolute atomic E-state index is 0.0111. The molecule has 1 aromatic heterocycles. The van der Waals surface area contributed by atoms with Crippen molar-refractivity contribution in [3.8, 4) is 28.9 Å². The zero-order valence-corrected chi connectivity index (χ0v) is 34.9. The second-order valence-electron chi connectivity index (χ2n) is 13.9. The van der Waals surface area contributed by atoms with Crippen LogP contribution in [0.5, 0.6) is 28.9 Å². The third-order valence-corrected chi connectivity index (χ3v) is 8.98. The molecular weight excluding hydrogens is 781 g/mol. The summed E-state index contributed by atoms with van der Waals surface area (Å²) < 4.78 is 64.6. The minimum atomic E-state index is -2.49. The molecule has 0 aliphatic rings. The standard InChI is InChI=1S/C42H52N6O10S/c1-7-56-39-28(27-44-59(50)51)22-29(42(2,3)4)23-36(39)47-41(49)46-35-12-13-37(34-11-9-8-10-33(34)35)58-38-14-15-43-40(48-38)45-30-24-31(53-6)26-32(25-30)57-21-20-55-19-18-54-17-16-52-5/h8-15,22-26,44H,7,16-21,27H2,1-6H3,(H,50,51)(H,43,45,48)(H2,46,47,49)/p-1. The van der Waals surface area contributed by atoms with Crippen LogP contribution in [-0.4, -0.2) is 85.2 Å². The predicted molar refractivity (Wildman–Crippen MR) is 226 cm³/mol. The van der Waals surface area contributed by atoms with E-state index in [4.69, 9.17) is 33.2 Å². The number of amides is 2. The lowest BCUT2D eigenvalue weighted by Crippen LogP contribution is -2.23. The Morgan fingerprint density at radius 3 is 2.24 bits per heavy atom. The second kappa shape index (κ2) is 22.0. The van der Waals surface area contributed by atoms with Gasteiger partial charge in [-0.1, -0.05) is 51.1 Å². The van der Waals surface area contributed by atoms with Gasteiger partial charge in [-0.25, -0.2) is 14.5 Å². The van der Waals surface area contributed by atoms with E-state index in [9.17, 15) is 13.6 Å². The van der Waals surface area contributed by atoms with Crippen molar-refractivity contribution in [2.24, 2.45) is 0 Å². The second-order valence-corrected chi connectivity index (χ2v) is 14.7. The van der Waals surface area contributed by atoms with Crippen LogP contribution in [0.3, 0.4) is 0 Å². The van der Waals surface area contributed by atoms with Gasteiger partial charge in [-0.2, -0.15) is 4.98 Å². The number of ether oxygens (including phenoxy) is 7. The van der Waals surface area contributed by atoms with Crippen LogP contribution in [0, 0.1) is 0 Å². The van der Waals surface area contributed by atoms with Gasteiger partial charge >= 0.3 is 6.03 Å². The lowest BCUT2D eigenvalue weighted by atomic mass is 9.85. The van der Waals surface area contributed by atoms with E-state index in [-0.39, 0.29) is 23.8 Å². The molecule has 17 heteroatoms. The quantitative estimate of drug-likeness (QED) is 0.0397. The van der Waals surface area contributed by atoms with E-state index in [0.717, 1.165) is 10.9 Å². The van der Waals surface area contributed by atoms with Crippen LogP contribution in [0.4, 0.5) is 27.8 Å². The van der Waals surface area contributed by atoms with Gasteiger partial charge in [0.15, 0.2) is 0 Å². The number of nitrogens with zero attached hydrogens (tertiary/aromatic N) is 2. The Morgan fingerprint density at radius 2 is 1.53 bits per heavy atom. The smallest absolute Gasteiger partial charge is 0.323 e. The van der Waals surface area contributed by atoms with E-state index in [1.165, 1.54) is 0 Å². The number of methoxy groups -OCH3 is 2. The zero-order chi connectivity index (χ0) is 42.2. The first-order valence-corrected chi connectivity index (χ1v) is 20.0. The van der Waals surface area contributed by atoms with Crippen LogP contribution in [0.15, 0.2) is 79.0 Å². The maximum absolute atomic E-state index is 13.6. The number of urea groups is 1. The van der Waals surface area contributed by atoms with E-state index < -0.39 is 17.3 Å². The topological polar surface area (TPSA) is 196 Å². The molecule has 59 heavy (non-hydrogen) atoms. The van der Waals surface area contributed by atoms with Gasteiger partial charge in [0.1, 0.15) is 29.6 Å². The molecule has 0 spiro atoms. The molecule has 0 saturated carbocycles. The summed E-state index contributed by atoms with van der Waals surface area (Å²) in [6.07, 6.45) is 1.58. The Kier molecular flexibility index (Phi) is 16.6. The number of anilines is 4. The van der Waals surface area contributed by atoms with Crippen molar-refractivity contribution in [1.82, 2.24) is 14.7 Å². The summed E-state index contributed by atoms with van der Waals surface area (Å²) in [5.74, 6) is 2.57. The molecule has 5 rings (SSSR count). The van der Waals surface area contributed by atoms with Gasteiger partial charge in [0.2, 0.25) is 11.8 Å². The van der Waals surface area contributed by atoms with Crippen LogP contribution < -0.4 is 39.6 Å². The number of hydrogen-bond donors (Lipinski definition) is 4. The molecule has 5 aromatic rings. The Morgan fingerprint density at radius 1 is 0.814 bits per heavy atom. The third kappa shape index (κ3) is 13.5. The fourth-order valence-corrected chi connectivity index (χ4v) is 6.04. The van der Waals surface area contributed by atoms with E-state index in [1.54, 1.807) is 56.8 Å². The van der Waals surface area contributed by atoms with Gasteiger partial charge in [-0.05, 0) is 36.1 Å². The summed E-state index contributed by atoms with van der Waals surface area (Å²) in [5.41, 5.74) is 2.73. The molecule has 4 N–H and O–H groups in total. The highest BCUT2D eigenvalue weighted by molar-refractivity contribution is 7.77. The summed E-state index contributed by atoms with van der Waals surface area (Å²) >= 11 is -2.49. The molecule has 0 aliphatic carbocycles.